The molecular weight excluding hydrogens is 264 g/mol. The van der Waals surface area contributed by atoms with E-state index in [4.69, 9.17) is 5.11 Å². The van der Waals surface area contributed by atoms with Gasteiger partial charge in [-0.05, 0) is 18.1 Å². The normalized spacial score (nSPS) is 12.0. The minimum atomic E-state index is -0.297. The standard InChI is InChI=1S/C17H20N2O2/c1-13(12-20)18-17(21)19-16(14-8-4-2-5-9-14)15-10-6-3-7-11-15/h2-11,13,16,20H,12H2,1H3,(H2,18,19,21). The van der Waals surface area contributed by atoms with Crippen LogP contribution >= 0.6 is 0 Å². The summed E-state index contributed by atoms with van der Waals surface area (Å²) >= 11 is 0. The minimum Gasteiger partial charge on any atom is -0.394 e. The van der Waals surface area contributed by atoms with Crippen molar-refractivity contribution in [3.63, 3.8) is 0 Å². The Bertz CT molecular complexity index is 518. The van der Waals surface area contributed by atoms with E-state index < -0.39 is 0 Å². The molecule has 2 aromatic carbocycles. The summed E-state index contributed by atoms with van der Waals surface area (Å²) in [5.74, 6) is 0. The number of aliphatic hydroxyl groups is 1. The third-order valence-corrected chi connectivity index (χ3v) is 3.19. The van der Waals surface area contributed by atoms with Gasteiger partial charge in [0.25, 0.3) is 0 Å². The molecule has 0 aliphatic rings. The molecule has 2 rings (SSSR count). The lowest BCUT2D eigenvalue weighted by Crippen LogP contribution is -2.43. The molecule has 2 amide bonds. The second-order valence-electron chi connectivity index (χ2n) is 4.96. The number of carbonyl (C=O) groups is 1. The van der Waals surface area contributed by atoms with Crippen molar-refractivity contribution in [2.75, 3.05) is 6.61 Å². The van der Waals surface area contributed by atoms with E-state index in [1.165, 1.54) is 0 Å². The number of hydrogen-bond donors (Lipinski definition) is 3. The van der Waals surface area contributed by atoms with Crippen molar-refractivity contribution in [1.82, 2.24) is 10.6 Å². The molecular formula is C17H20N2O2. The third kappa shape index (κ3) is 4.33. The molecule has 0 bridgehead atoms. The summed E-state index contributed by atoms with van der Waals surface area (Å²) in [4.78, 5) is 12.0. The molecule has 0 aromatic heterocycles. The Hall–Kier alpha value is -2.33. The van der Waals surface area contributed by atoms with Gasteiger partial charge in [-0.3, -0.25) is 0 Å². The van der Waals surface area contributed by atoms with Crippen LogP contribution in [0.4, 0.5) is 4.79 Å². The minimum absolute atomic E-state index is 0.0885. The highest BCUT2D eigenvalue weighted by Gasteiger charge is 2.17. The summed E-state index contributed by atoms with van der Waals surface area (Å²) in [6.45, 7) is 1.66. The van der Waals surface area contributed by atoms with Crippen molar-refractivity contribution in [3.8, 4) is 0 Å². The van der Waals surface area contributed by atoms with E-state index in [0.29, 0.717) is 0 Å². The average molecular weight is 284 g/mol. The second kappa shape index (κ2) is 7.45. The number of nitrogens with one attached hydrogen (secondary N) is 2. The molecule has 0 saturated carbocycles. The second-order valence-corrected chi connectivity index (χ2v) is 4.96. The summed E-state index contributed by atoms with van der Waals surface area (Å²) in [5, 5.41) is 14.7. The summed E-state index contributed by atoms with van der Waals surface area (Å²) < 4.78 is 0. The molecule has 110 valence electrons. The van der Waals surface area contributed by atoms with Gasteiger partial charge in [-0.25, -0.2) is 4.79 Å². The topological polar surface area (TPSA) is 61.4 Å². The molecule has 0 heterocycles. The van der Waals surface area contributed by atoms with Gasteiger partial charge in [-0.15, -0.1) is 0 Å². The summed E-state index contributed by atoms with van der Waals surface area (Å²) in [5.41, 5.74) is 2.02. The van der Waals surface area contributed by atoms with Crippen molar-refractivity contribution in [2.24, 2.45) is 0 Å². The maximum absolute atomic E-state index is 12.0. The number of hydrogen-bond acceptors (Lipinski definition) is 2. The largest absolute Gasteiger partial charge is 0.394 e. The molecule has 4 heteroatoms. The van der Waals surface area contributed by atoms with Crippen molar-refractivity contribution in [2.45, 2.75) is 19.0 Å². The number of urea groups is 1. The van der Waals surface area contributed by atoms with E-state index in [0.717, 1.165) is 11.1 Å². The van der Waals surface area contributed by atoms with Gasteiger partial charge in [0.1, 0.15) is 0 Å². The molecule has 4 nitrogen and oxygen atoms in total. The van der Waals surface area contributed by atoms with Crippen LogP contribution in [0, 0.1) is 0 Å². The lowest BCUT2D eigenvalue weighted by Gasteiger charge is -2.21. The first-order chi connectivity index (χ1) is 10.2. The Morgan fingerprint density at radius 3 is 1.86 bits per heavy atom. The fourth-order valence-electron chi connectivity index (χ4n) is 2.09. The van der Waals surface area contributed by atoms with Gasteiger partial charge in [0.15, 0.2) is 0 Å². The highest BCUT2D eigenvalue weighted by atomic mass is 16.3. The van der Waals surface area contributed by atoms with Crippen LogP contribution in [-0.2, 0) is 0 Å². The molecule has 1 atom stereocenters. The van der Waals surface area contributed by atoms with Crippen molar-refractivity contribution in [3.05, 3.63) is 71.8 Å². The zero-order valence-electron chi connectivity index (χ0n) is 12.0. The van der Waals surface area contributed by atoms with Crippen LogP contribution < -0.4 is 10.6 Å². The molecule has 0 spiro atoms. The van der Waals surface area contributed by atoms with Crippen molar-refractivity contribution < 1.29 is 9.90 Å². The molecule has 3 N–H and O–H groups in total. The van der Waals surface area contributed by atoms with Gasteiger partial charge in [-0.2, -0.15) is 0 Å². The molecule has 0 radical (unpaired) electrons. The van der Waals surface area contributed by atoms with E-state index in [-0.39, 0.29) is 24.7 Å². The van der Waals surface area contributed by atoms with Crippen LogP contribution in [0.2, 0.25) is 0 Å². The molecule has 0 fully saturated rings. The zero-order valence-corrected chi connectivity index (χ0v) is 12.0. The summed E-state index contributed by atoms with van der Waals surface area (Å²) in [6.07, 6.45) is 0. The molecule has 21 heavy (non-hydrogen) atoms. The van der Waals surface area contributed by atoms with E-state index in [1.54, 1.807) is 6.92 Å². The van der Waals surface area contributed by atoms with E-state index in [2.05, 4.69) is 10.6 Å². The zero-order chi connectivity index (χ0) is 15.1. The quantitative estimate of drug-likeness (QED) is 0.790. The first-order valence-electron chi connectivity index (χ1n) is 6.98. The van der Waals surface area contributed by atoms with Gasteiger partial charge in [0.2, 0.25) is 0 Å². The molecule has 0 saturated heterocycles. The predicted octanol–water partition coefficient (Wildman–Crippen LogP) is 2.46. The average Bonchev–Trinajstić information content (AvgIpc) is 2.54. The van der Waals surface area contributed by atoms with Gasteiger partial charge in [0.05, 0.1) is 18.7 Å². The highest BCUT2D eigenvalue weighted by molar-refractivity contribution is 5.75. The number of amides is 2. The Kier molecular flexibility index (Phi) is 5.35. The third-order valence-electron chi connectivity index (χ3n) is 3.19. The van der Waals surface area contributed by atoms with E-state index in [9.17, 15) is 4.79 Å². The fraction of sp³-hybridized carbons (Fsp3) is 0.235. The number of benzene rings is 2. The number of rotatable bonds is 5. The van der Waals surface area contributed by atoms with Crippen molar-refractivity contribution in [1.29, 1.82) is 0 Å². The summed E-state index contributed by atoms with van der Waals surface area (Å²) in [6, 6.07) is 18.8. The Morgan fingerprint density at radius 2 is 1.43 bits per heavy atom. The van der Waals surface area contributed by atoms with Crippen LogP contribution in [-0.4, -0.2) is 23.8 Å². The fourth-order valence-corrected chi connectivity index (χ4v) is 2.09. The highest BCUT2D eigenvalue weighted by Crippen LogP contribution is 2.21. The lowest BCUT2D eigenvalue weighted by molar-refractivity contribution is 0.219. The molecule has 1 unspecified atom stereocenters. The Labute approximate surface area is 124 Å². The van der Waals surface area contributed by atoms with Gasteiger partial charge in [0, 0.05) is 0 Å². The van der Waals surface area contributed by atoms with Crippen LogP contribution in [0.3, 0.4) is 0 Å². The Morgan fingerprint density at radius 1 is 0.952 bits per heavy atom. The number of aliphatic hydroxyl groups excluding tert-OH is 1. The maximum atomic E-state index is 12.0. The molecule has 0 aliphatic heterocycles. The van der Waals surface area contributed by atoms with Gasteiger partial charge in [-0.1, -0.05) is 60.7 Å². The van der Waals surface area contributed by atoms with Crippen LogP contribution in [0.1, 0.15) is 24.1 Å². The van der Waals surface area contributed by atoms with Crippen LogP contribution in [0.15, 0.2) is 60.7 Å². The van der Waals surface area contributed by atoms with E-state index >= 15 is 0 Å². The smallest absolute Gasteiger partial charge is 0.315 e. The van der Waals surface area contributed by atoms with Crippen LogP contribution in [0.5, 0.6) is 0 Å². The predicted molar refractivity (Wildman–Crippen MR) is 82.9 cm³/mol. The SMILES string of the molecule is CC(CO)NC(=O)NC(c1ccccc1)c1ccccc1. The maximum Gasteiger partial charge on any atom is 0.315 e. The van der Waals surface area contributed by atoms with Gasteiger partial charge >= 0.3 is 6.03 Å². The Balaban J connectivity index is 2.19. The first-order valence-corrected chi connectivity index (χ1v) is 6.98. The first kappa shape index (κ1) is 15.1. The summed E-state index contributed by atoms with van der Waals surface area (Å²) in [7, 11) is 0. The molecule has 0 aliphatic carbocycles. The van der Waals surface area contributed by atoms with Gasteiger partial charge < -0.3 is 15.7 Å². The lowest BCUT2D eigenvalue weighted by atomic mass is 9.99. The molecule has 2 aromatic rings. The van der Waals surface area contributed by atoms with E-state index in [1.807, 2.05) is 60.7 Å². The van der Waals surface area contributed by atoms with Crippen LogP contribution in [0.25, 0.3) is 0 Å². The monoisotopic (exact) mass is 284 g/mol. The van der Waals surface area contributed by atoms with Crippen molar-refractivity contribution >= 4 is 6.03 Å². The number of carbonyl (C=O) groups excluding carboxylic acids is 1.